The van der Waals surface area contributed by atoms with E-state index in [1.165, 1.54) is 29.2 Å². The van der Waals surface area contributed by atoms with Crippen LogP contribution in [0.3, 0.4) is 0 Å². The monoisotopic (exact) mass is 484 g/mol. The topological polar surface area (TPSA) is 118 Å². The van der Waals surface area contributed by atoms with E-state index in [4.69, 9.17) is 21.6 Å². The lowest BCUT2D eigenvalue weighted by Gasteiger charge is -2.15. The summed E-state index contributed by atoms with van der Waals surface area (Å²) in [6.45, 7) is 1.93. The molecule has 0 unspecified atom stereocenters. The van der Waals surface area contributed by atoms with Crippen molar-refractivity contribution in [2.24, 2.45) is 0 Å². The lowest BCUT2D eigenvalue weighted by molar-refractivity contribution is 0.0696. The molecule has 0 radical (unpaired) electrons. The molecule has 0 saturated carbocycles. The highest BCUT2D eigenvalue weighted by atomic mass is 35.5. The molecule has 0 aliphatic rings. The number of carbonyl (C=O) groups is 1. The number of carboxylic acid groups (broad SMARTS) is 1. The molecule has 9 heteroatoms. The maximum absolute atomic E-state index is 12.8. The Bertz CT molecular complexity index is 1630. The van der Waals surface area contributed by atoms with E-state index in [1.54, 1.807) is 37.3 Å². The minimum absolute atomic E-state index is 0.0720. The maximum atomic E-state index is 12.8. The molecule has 4 rings (SSSR count). The van der Waals surface area contributed by atoms with Crippen LogP contribution in [-0.2, 0) is 6.54 Å². The molecule has 0 saturated heterocycles. The summed E-state index contributed by atoms with van der Waals surface area (Å²) in [6, 6.07) is 13.2. The minimum Gasteiger partial charge on any atom is -0.491 e. The van der Waals surface area contributed by atoms with Crippen molar-refractivity contribution < 1.29 is 14.6 Å². The van der Waals surface area contributed by atoms with E-state index in [0.717, 1.165) is 0 Å². The summed E-state index contributed by atoms with van der Waals surface area (Å²) >= 11 is 6.24. The van der Waals surface area contributed by atoms with Crippen molar-refractivity contribution in [1.82, 2.24) is 14.5 Å². The van der Waals surface area contributed by atoms with Crippen molar-refractivity contribution >= 4 is 28.5 Å². The highest BCUT2D eigenvalue weighted by Crippen LogP contribution is 2.35. The first-order valence-corrected chi connectivity index (χ1v) is 10.8. The van der Waals surface area contributed by atoms with Crippen molar-refractivity contribution in [2.75, 3.05) is 6.61 Å². The number of nitriles is 1. The van der Waals surface area contributed by atoms with Crippen LogP contribution >= 0.6 is 11.6 Å². The molecule has 0 spiro atoms. The quantitative estimate of drug-likeness (QED) is 0.409. The van der Waals surface area contributed by atoms with Gasteiger partial charge < -0.3 is 9.84 Å². The Balaban J connectivity index is 1.66. The molecular formula is C26H17ClN4O4. The molecule has 4 aromatic rings. The van der Waals surface area contributed by atoms with Gasteiger partial charge in [0.1, 0.15) is 24.1 Å². The summed E-state index contributed by atoms with van der Waals surface area (Å²) in [4.78, 5) is 32.7. The van der Waals surface area contributed by atoms with Crippen LogP contribution < -0.4 is 10.3 Å². The van der Waals surface area contributed by atoms with E-state index in [2.05, 4.69) is 21.8 Å². The average Bonchev–Trinajstić information content (AvgIpc) is 2.86. The van der Waals surface area contributed by atoms with E-state index < -0.39 is 5.97 Å². The second kappa shape index (κ2) is 10.1. The van der Waals surface area contributed by atoms with Gasteiger partial charge in [0, 0.05) is 21.7 Å². The second-order valence-electron chi connectivity index (χ2n) is 7.34. The Hall–Kier alpha value is -4.66. The lowest BCUT2D eigenvalue weighted by atomic mass is 9.95. The molecule has 8 nitrogen and oxygen atoms in total. The molecule has 2 heterocycles. The van der Waals surface area contributed by atoms with Crippen molar-refractivity contribution in [1.29, 1.82) is 5.26 Å². The Morgan fingerprint density at radius 1 is 1.20 bits per heavy atom. The van der Waals surface area contributed by atoms with Gasteiger partial charge in [-0.3, -0.25) is 9.36 Å². The third kappa shape index (κ3) is 4.84. The van der Waals surface area contributed by atoms with Gasteiger partial charge >= 0.3 is 5.97 Å². The van der Waals surface area contributed by atoms with E-state index in [1.807, 2.05) is 6.07 Å². The molecule has 2 aromatic carbocycles. The summed E-state index contributed by atoms with van der Waals surface area (Å²) in [7, 11) is 0. The molecule has 0 bridgehead atoms. The van der Waals surface area contributed by atoms with Crippen LogP contribution in [0.25, 0.3) is 22.0 Å². The number of benzene rings is 2. The molecule has 35 heavy (non-hydrogen) atoms. The minimum atomic E-state index is -1.09. The Labute approximate surface area is 205 Å². The smallest absolute Gasteiger partial charge is 0.336 e. The van der Waals surface area contributed by atoms with E-state index in [0.29, 0.717) is 38.4 Å². The normalized spacial score (nSPS) is 10.3. The lowest BCUT2D eigenvalue weighted by Crippen LogP contribution is -2.23. The van der Waals surface area contributed by atoms with Crippen LogP contribution in [0.15, 0.2) is 59.8 Å². The number of fused-ring (bicyclic) bond motifs is 1. The molecule has 0 amide bonds. The van der Waals surface area contributed by atoms with Crippen molar-refractivity contribution in [3.05, 3.63) is 87.2 Å². The van der Waals surface area contributed by atoms with Gasteiger partial charge in [-0.05, 0) is 37.3 Å². The largest absolute Gasteiger partial charge is 0.491 e. The summed E-state index contributed by atoms with van der Waals surface area (Å²) in [5, 5.41) is 19.4. The molecule has 2 aromatic heterocycles. The van der Waals surface area contributed by atoms with E-state index in [9.17, 15) is 14.7 Å². The summed E-state index contributed by atoms with van der Waals surface area (Å²) < 4.78 is 7.38. The number of halogens is 1. The SMILES string of the molecule is CC#Cc1c(C(=O)O)cccc1-c1cc(Cl)ccc1OCCn1cnc2cnc(C#N)cc2c1=O. The van der Waals surface area contributed by atoms with Gasteiger partial charge in [-0.2, -0.15) is 5.26 Å². The zero-order chi connectivity index (χ0) is 24.9. The van der Waals surface area contributed by atoms with Crippen molar-refractivity contribution in [3.8, 4) is 34.8 Å². The van der Waals surface area contributed by atoms with Crippen LogP contribution in [0, 0.1) is 23.2 Å². The summed E-state index contributed by atoms with van der Waals surface area (Å²) in [5.74, 6) is 5.00. The molecule has 0 aliphatic heterocycles. The number of rotatable bonds is 6. The van der Waals surface area contributed by atoms with Gasteiger partial charge in [-0.1, -0.05) is 29.7 Å². The van der Waals surface area contributed by atoms with Crippen molar-refractivity contribution in [2.45, 2.75) is 13.5 Å². The fourth-order valence-electron chi connectivity index (χ4n) is 3.59. The highest BCUT2D eigenvalue weighted by Gasteiger charge is 2.17. The Morgan fingerprint density at radius 2 is 2.03 bits per heavy atom. The predicted octanol–water partition coefficient (Wildman–Crippen LogP) is 4.13. The van der Waals surface area contributed by atoms with Gasteiger partial charge in [-0.25, -0.2) is 14.8 Å². The molecule has 0 atom stereocenters. The van der Waals surface area contributed by atoms with E-state index in [-0.39, 0.29) is 30.0 Å². The van der Waals surface area contributed by atoms with Gasteiger partial charge in [0.15, 0.2) is 0 Å². The number of nitrogens with zero attached hydrogens (tertiary/aromatic N) is 4. The van der Waals surface area contributed by atoms with Crippen LogP contribution in [0.1, 0.15) is 28.5 Å². The van der Waals surface area contributed by atoms with Crippen LogP contribution in [0.4, 0.5) is 0 Å². The van der Waals surface area contributed by atoms with Gasteiger partial charge in [-0.15, -0.1) is 5.92 Å². The first-order chi connectivity index (χ1) is 16.9. The third-order valence-electron chi connectivity index (χ3n) is 5.19. The van der Waals surface area contributed by atoms with Gasteiger partial charge in [0.05, 0.1) is 35.5 Å². The van der Waals surface area contributed by atoms with Crippen LogP contribution in [-0.4, -0.2) is 32.2 Å². The molecular weight excluding hydrogens is 468 g/mol. The summed E-state index contributed by atoms with van der Waals surface area (Å²) in [5.41, 5.74) is 1.78. The average molecular weight is 485 g/mol. The predicted molar refractivity (Wildman–Crippen MR) is 130 cm³/mol. The highest BCUT2D eigenvalue weighted by molar-refractivity contribution is 6.31. The van der Waals surface area contributed by atoms with E-state index >= 15 is 0 Å². The molecule has 172 valence electrons. The number of hydrogen-bond acceptors (Lipinski definition) is 6. The van der Waals surface area contributed by atoms with Crippen LogP contribution in [0.2, 0.25) is 5.02 Å². The zero-order valence-electron chi connectivity index (χ0n) is 18.4. The summed E-state index contributed by atoms with van der Waals surface area (Å²) in [6.07, 6.45) is 2.79. The number of aromatic nitrogens is 3. The Kier molecular flexibility index (Phi) is 6.77. The number of ether oxygens (including phenoxy) is 1. The fourth-order valence-corrected chi connectivity index (χ4v) is 3.76. The van der Waals surface area contributed by atoms with Crippen LogP contribution in [0.5, 0.6) is 5.75 Å². The molecule has 1 N–H and O–H groups in total. The third-order valence-corrected chi connectivity index (χ3v) is 5.43. The second-order valence-corrected chi connectivity index (χ2v) is 7.78. The van der Waals surface area contributed by atoms with Crippen molar-refractivity contribution in [3.63, 3.8) is 0 Å². The zero-order valence-corrected chi connectivity index (χ0v) is 19.2. The Morgan fingerprint density at radius 3 is 2.77 bits per heavy atom. The first kappa shape index (κ1) is 23.5. The van der Waals surface area contributed by atoms with Gasteiger partial charge in [0.25, 0.3) is 5.56 Å². The maximum Gasteiger partial charge on any atom is 0.336 e. The number of aromatic carboxylic acids is 1. The number of hydrogen-bond donors (Lipinski definition) is 1. The molecule has 0 aliphatic carbocycles. The first-order valence-electron chi connectivity index (χ1n) is 10.4. The fraction of sp³-hybridized carbons (Fsp3) is 0.115. The molecule has 0 fully saturated rings. The number of pyridine rings is 1. The standard InChI is InChI=1S/C26H17ClN4O4/c1-2-4-18-19(5-3-6-20(18)26(33)34)21-11-16(27)7-8-24(21)35-10-9-31-15-30-23-14-29-17(13-28)12-22(23)25(31)32/h3,5-8,11-12,14-15H,9-10H2,1H3,(H,33,34). The van der Waals surface area contributed by atoms with Gasteiger partial charge in [0.2, 0.25) is 0 Å². The number of carboxylic acids is 1.